The van der Waals surface area contributed by atoms with Crippen LogP contribution in [0.25, 0.3) is 0 Å². The molecule has 0 spiro atoms. The van der Waals surface area contributed by atoms with Gasteiger partial charge in [-0.2, -0.15) is 0 Å². The van der Waals surface area contributed by atoms with Crippen LogP contribution in [-0.2, 0) is 0 Å². The maximum Gasteiger partial charge on any atom is 0.0516 e. The van der Waals surface area contributed by atoms with Crippen LogP contribution in [0.1, 0.15) is 49.7 Å². The third-order valence-electron chi connectivity index (χ3n) is 5.20. The molecule has 2 aliphatic rings. The predicted molar refractivity (Wildman–Crippen MR) is 94.0 cm³/mol. The molecule has 1 aliphatic heterocycles. The highest BCUT2D eigenvalue weighted by molar-refractivity contribution is 9.10. The van der Waals surface area contributed by atoms with Gasteiger partial charge in [0.2, 0.25) is 0 Å². The Morgan fingerprint density at radius 1 is 1.10 bits per heavy atom. The van der Waals surface area contributed by atoms with Gasteiger partial charge in [-0.05, 0) is 85.1 Å². The standard InChI is InChI=1S/C18H27BrN2/c1-12-10-13(2)18(15(19)11-12)21-17-7-4-3-6-14(17)16-8-5-9-20-16/h10-11,14,16-17,20-21H,3-9H2,1-2H3. The fourth-order valence-corrected chi connectivity index (χ4v) is 4.97. The molecule has 2 N–H and O–H groups in total. The van der Waals surface area contributed by atoms with Crippen molar-refractivity contribution in [1.29, 1.82) is 0 Å². The molecule has 0 aromatic heterocycles. The van der Waals surface area contributed by atoms with Crippen LogP contribution in [-0.4, -0.2) is 18.6 Å². The smallest absolute Gasteiger partial charge is 0.0516 e. The van der Waals surface area contributed by atoms with Gasteiger partial charge in [0.25, 0.3) is 0 Å². The molecule has 1 saturated heterocycles. The monoisotopic (exact) mass is 350 g/mol. The molecule has 1 heterocycles. The first-order valence-corrected chi connectivity index (χ1v) is 9.21. The number of halogens is 1. The molecule has 3 unspecified atom stereocenters. The number of hydrogen-bond donors (Lipinski definition) is 2. The molecular weight excluding hydrogens is 324 g/mol. The Labute approximate surface area is 137 Å². The predicted octanol–water partition coefficient (Wildman–Crippen LogP) is 4.79. The molecule has 1 aromatic carbocycles. The van der Waals surface area contributed by atoms with E-state index in [1.807, 2.05) is 0 Å². The van der Waals surface area contributed by atoms with Crippen LogP contribution < -0.4 is 10.6 Å². The SMILES string of the molecule is Cc1cc(C)c(NC2CCCCC2C2CCCN2)c(Br)c1. The average molecular weight is 351 g/mol. The average Bonchev–Trinajstić information content (AvgIpc) is 2.97. The summed E-state index contributed by atoms with van der Waals surface area (Å²) in [6.07, 6.45) is 8.15. The first kappa shape index (κ1) is 15.4. The fraction of sp³-hybridized carbons (Fsp3) is 0.667. The lowest BCUT2D eigenvalue weighted by atomic mass is 9.79. The second-order valence-electron chi connectivity index (χ2n) is 6.84. The van der Waals surface area contributed by atoms with Crippen molar-refractivity contribution >= 4 is 21.6 Å². The Balaban J connectivity index is 1.78. The molecule has 3 rings (SSSR count). The molecule has 1 aliphatic carbocycles. The molecule has 2 fully saturated rings. The Hall–Kier alpha value is -0.540. The van der Waals surface area contributed by atoms with Gasteiger partial charge in [-0.3, -0.25) is 0 Å². The van der Waals surface area contributed by atoms with Gasteiger partial charge in [0, 0.05) is 16.6 Å². The van der Waals surface area contributed by atoms with E-state index in [-0.39, 0.29) is 0 Å². The van der Waals surface area contributed by atoms with E-state index in [2.05, 4.69) is 52.5 Å². The largest absolute Gasteiger partial charge is 0.381 e. The highest BCUT2D eigenvalue weighted by Gasteiger charge is 2.33. The van der Waals surface area contributed by atoms with Crippen molar-refractivity contribution in [3.63, 3.8) is 0 Å². The maximum absolute atomic E-state index is 3.88. The molecule has 1 aromatic rings. The minimum absolute atomic E-state index is 0.618. The number of rotatable bonds is 3. The Morgan fingerprint density at radius 2 is 1.90 bits per heavy atom. The second kappa shape index (κ2) is 6.70. The summed E-state index contributed by atoms with van der Waals surface area (Å²) >= 11 is 3.75. The van der Waals surface area contributed by atoms with Crippen LogP contribution in [0.15, 0.2) is 16.6 Å². The van der Waals surface area contributed by atoms with Crippen molar-refractivity contribution in [3.8, 4) is 0 Å². The van der Waals surface area contributed by atoms with Crippen LogP contribution in [0.3, 0.4) is 0 Å². The summed E-state index contributed by atoms with van der Waals surface area (Å²) in [5, 5.41) is 7.61. The van der Waals surface area contributed by atoms with Gasteiger partial charge in [0.15, 0.2) is 0 Å². The second-order valence-corrected chi connectivity index (χ2v) is 7.69. The van der Waals surface area contributed by atoms with Crippen LogP contribution in [0.4, 0.5) is 5.69 Å². The van der Waals surface area contributed by atoms with E-state index in [0.29, 0.717) is 6.04 Å². The van der Waals surface area contributed by atoms with E-state index in [0.717, 1.165) is 12.0 Å². The highest BCUT2D eigenvalue weighted by atomic mass is 79.9. The van der Waals surface area contributed by atoms with E-state index >= 15 is 0 Å². The molecule has 2 nitrogen and oxygen atoms in total. The van der Waals surface area contributed by atoms with Gasteiger partial charge in [-0.1, -0.05) is 18.9 Å². The zero-order valence-electron chi connectivity index (χ0n) is 13.2. The van der Waals surface area contributed by atoms with Crippen molar-refractivity contribution < 1.29 is 0 Å². The lowest BCUT2D eigenvalue weighted by molar-refractivity contribution is 0.262. The zero-order valence-corrected chi connectivity index (χ0v) is 14.8. The summed E-state index contributed by atoms with van der Waals surface area (Å²) in [4.78, 5) is 0. The zero-order chi connectivity index (χ0) is 14.8. The Morgan fingerprint density at radius 3 is 2.62 bits per heavy atom. The minimum atomic E-state index is 0.618. The first-order valence-electron chi connectivity index (χ1n) is 8.42. The summed E-state index contributed by atoms with van der Waals surface area (Å²) in [6.45, 7) is 5.58. The fourth-order valence-electron chi connectivity index (χ4n) is 4.18. The van der Waals surface area contributed by atoms with Crippen LogP contribution in [0, 0.1) is 19.8 Å². The molecule has 3 atom stereocenters. The summed E-state index contributed by atoms with van der Waals surface area (Å²) in [7, 11) is 0. The minimum Gasteiger partial charge on any atom is -0.381 e. The van der Waals surface area contributed by atoms with Gasteiger partial charge in [-0.25, -0.2) is 0 Å². The third kappa shape index (κ3) is 3.45. The van der Waals surface area contributed by atoms with Crippen molar-refractivity contribution in [2.75, 3.05) is 11.9 Å². The topological polar surface area (TPSA) is 24.1 Å². The van der Waals surface area contributed by atoms with Crippen molar-refractivity contribution in [2.24, 2.45) is 5.92 Å². The molecule has 3 heteroatoms. The van der Waals surface area contributed by atoms with Crippen LogP contribution in [0.5, 0.6) is 0 Å². The molecule has 0 radical (unpaired) electrons. The molecule has 0 amide bonds. The van der Waals surface area contributed by atoms with E-state index in [4.69, 9.17) is 0 Å². The number of aryl methyl sites for hydroxylation is 2. The van der Waals surface area contributed by atoms with Gasteiger partial charge in [-0.15, -0.1) is 0 Å². The molecule has 116 valence electrons. The number of benzene rings is 1. The van der Waals surface area contributed by atoms with Crippen LogP contribution in [0.2, 0.25) is 0 Å². The number of nitrogens with one attached hydrogen (secondary N) is 2. The van der Waals surface area contributed by atoms with Crippen molar-refractivity contribution in [3.05, 3.63) is 27.7 Å². The van der Waals surface area contributed by atoms with E-state index in [1.165, 1.54) is 66.4 Å². The van der Waals surface area contributed by atoms with Crippen molar-refractivity contribution in [1.82, 2.24) is 5.32 Å². The van der Waals surface area contributed by atoms with Crippen LogP contribution >= 0.6 is 15.9 Å². The lowest BCUT2D eigenvalue weighted by Crippen LogP contribution is -2.43. The van der Waals surface area contributed by atoms with Gasteiger partial charge in [0.1, 0.15) is 0 Å². The molecular formula is C18H27BrN2. The summed E-state index contributed by atoms with van der Waals surface area (Å²) in [5.41, 5.74) is 3.98. The Kier molecular flexibility index (Phi) is 4.90. The normalized spacial score (nSPS) is 29.6. The quantitative estimate of drug-likeness (QED) is 0.818. The summed E-state index contributed by atoms with van der Waals surface area (Å²) < 4.78 is 1.21. The maximum atomic E-state index is 3.88. The van der Waals surface area contributed by atoms with E-state index in [1.54, 1.807) is 0 Å². The Bertz CT molecular complexity index is 471. The molecule has 21 heavy (non-hydrogen) atoms. The third-order valence-corrected chi connectivity index (χ3v) is 5.82. The lowest BCUT2D eigenvalue weighted by Gasteiger charge is -2.37. The number of anilines is 1. The van der Waals surface area contributed by atoms with E-state index < -0.39 is 0 Å². The summed E-state index contributed by atoms with van der Waals surface area (Å²) in [6, 6.07) is 5.85. The van der Waals surface area contributed by atoms with Crippen molar-refractivity contribution in [2.45, 2.75) is 64.5 Å². The molecule has 1 saturated carbocycles. The first-order chi connectivity index (χ1) is 10.1. The highest BCUT2D eigenvalue weighted by Crippen LogP contribution is 2.35. The number of hydrogen-bond acceptors (Lipinski definition) is 2. The summed E-state index contributed by atoms with van der Waals surface area (Å²) in [5.74, 6) is 0.786. The van der Waals surface area contributed by atoms with Gasteiger partial charge in [0.05, 0.1) is 5.69 Å². The van der Waals surface area contributed by atoms with E-state index in [9.17, 15) is 0 Å². The van der Waals surface area contributed by atoms with Gasteiger partial charge >= 0.3 is 0 Å². The van der Waals surface area contributed by atoms with Gasteiger partial charge < -0.3 is 10.6 Å². The molecule has 0 bridgehead atoms.